The zero-order valence-electron chi connectivity index (χ0n) is 7.36. The highest BCUT2D eigenvalue weighted by atomic mass is 32.2. The third kappa shape index (κ3) is 1.41. The van der Waals surface area contributed by atoms with Crippen LogP contribution < -0.4 is 5.73 Å². The Morgan fingerprint density at radius 3 is 2.64 bits per heavy atom. The van der Waals surface area contributed by atoms with Crippen LogP contribution in [0.2, 0.25) is 0 Å². The number of rotatable bonds is 3. The van der Waals surface area contributed by atoms with Crippen molar-refractivity contribution >= 4 is 15.6 Å². The Labute approximate surface area is 81.2 Å². The molecule has 0 spiro atoms. The Morgan fingerprint density at radius 1 is 1.57 bits per heavy atom. The van der Waals surface area contributed by atoms with Gasteiger partial charge >= 0.3 is 0 Å². The summed E-state index contributed by atoms with van der Waals surface area (Å²) in [6.07, 6.45) is 1.57. The molecule has 2 rings (SSSR count). The summed E-state index contributed by atoms with van der Waals surface area (Å²) in [5, 5.41) is -0.0526. The van der Waals surface area contributed by atoms with Crippen molar-refractivity contribution in [1.82, 2.24) is 0 Å². The largest absolute Gasteiger partial charge is 0.441 e. The van der Waals surface area contributed by atoms with Crippen LogP contribution in [0.3, 0.4) is 0 Å². The van der Waals surface area contributed by atoms with Crippen LogP contribution in [0.5, 0.6) is 0 Å². The molecule has 5 nitrogen and oxygen atoms in total. The number of nitrogens with one attached hydrogen (secondary N) is 1. The quantitative estimate of drug-likeness (QED) is 0.783. The van der Waals surface area contributed by atoms with Gasteiger partial charge in [-0.15, -0.1) is 0 Å². The van der Waals surface area contributed by atoms with E-state index in [1.165, 1.54) is 12.1 Å². The Hall–Kier alpha value is -1.30. The first-order valence-corrected chi connectivity index (χ1v) is 5.81. The van der Waals surface area contributed by atoms with Crippen LogP contribution in [0, 0.1) is 4.78 Å². The lowest BCUT2D eigenvalue weighted by Crippen LogP contribution is -2.09. The Balaban J connectivity index is 2.37. The highest BCUT2D eigenvalue weighted by Gasteiger charge is 2.35. The molecular weight excluding hydrogens is 204 g/mol. The lowest BCUT2D eigenvalue weighted by atomic mass is 10.4. The first-order chi connectivity index (χ1) is 6.51. The van der Waals surface area contributed by atoms with Gasteiger partial charge in [0.2, 0.25) is 0 Å². The molecule has 0 saturated heterocycles. The molecule has 6 heteroatoms. The lowest BCUT2D eigenvalue weighted by Gasteiger charge is -1.99. The fraction of sp³-hybridized carbons (Fsp3) is 0.375. The van der Waals surface area contributed by atoms with E-state index in [1.807, 2.05) is 0 Å². The summed E-state index contributed by atoms with van der Waals surface area (Å²) in [7, 11) is -2.85. The van der Waals surface area contributed by atoms with Gasteiger partial charge in [0, 0.05) is 0 Å². The Bertz CT molecular complexity index is 471. The molecular formula is C8H10N2O3S. The summed E-state index contributed by atoms with van der Waals surface area (Å²) in [6.45, 7) is 0. The van der Waals surface area contributed by atoms with E-state index in [2.05, 4.69) is 0 Å². The number of hydrogen-bond donors (Lipinski definition) is 2. The molecule has 1 fully saturated rings. The van der Waals surface area contributed by atoms with Crippen LogP contribution in [-0.4, -0.2) is 15.4 Å². The van der Waals surface area contributed by atoms with Crippen LogP contribution in [0.4, 0.5) is 0 Å². The van der Waals surface area contributed by atoms with Crippen molar-refractivity contribution in [1.29, 1.82) is 4.78 Å². The topological polar surface area (TPSA) is 97.1 Å². The van der Waals surface area contributed by atoms with E-state index in [0.29, 0.717) is 0 Å². The number of primary amides is 1. The summed E-state index contributed by atoms with van der Waals surface area (Å²) in [5.74, 6) is -0.747. The van der Waals surface area contributed by atoms with Crippen molar-refractivity contribution in [3.8, 4) is 0 Å². The van der Waals surface area contributed by atoms with Gasteiger partial charge in [-0.05, 0) is 25.0 Å². The minimum absolute atomic E-state index is 0.0411. The number of carbonyl (C=O) groups excluding carboxylic acids is 1. The number of amides is 1. The normalized spacial score (nSPS) is 20.3. The van der Waals surface area contributed by atoms with Gasteiger partial charge in [0.15, 0.2) is 10.9 Å². The number of hydrogen-bond acceptors (Lipinski definition) is 4. The maximum atomic E-state index is 11.8. The van der Waals surface area contributed by atoms with E-state index < -0.39 is 15.6 Å². The van der Waals surface area contributed by atoms with Crippen molar-refractivity contribution in [3.05, 3.63) is 17.9 Å². The maximum absolute atomic E-state index is 11.8. The van der Waals surface area contributed by atoms with Gasteiger partial charge in [0.25, 0.3) is 5.91 Å². The van der Waals surface area contributed by atoms with Crippen LogP contribution in [0.25, 0.3) is 0 Å². The molecule has 1 aromatic heterocycles. The number of nitrogens with two attached hydrogens (primary N) is 1. The second kappa shape index (κ2) is 2.84. The van der Waals surface area contributed by atoms with Crippen molar-refractivity contribution in [2.24, 2.45) is 5.73 Å². The zero-order valence-corrected chi connectivity index (χ0v) is 8.17. The molecule has 1 atom stereocenters. The molecule has 3 N–H and O–H groups in total. The Morgan fingerprint density at radius 2 is 2.21 bits per heavy atom. The molecule has 76 valence electrons. The fourth-order valence-corrected chi connectivity index (χ4v) is 2.79. The molecule has 1 saturated carbocycles. The van der Waals surface area contributed by atoms with Crippen LogP contribution in [0.15, 0.2) is 21.6 Å². The van der Waals surface area contributed by atoms with Crippen molar-refractivity contribution < 1.29 is 13.4 Å². The third-order valence-electron chi connectivity index (χ3n) is 2.12. The molecule has 0 aliphatic heterocycles. The van der Waals surface area contributed by atoms with E-state index in [-0.39, 0.29) is 16.1 Å². The highest BCUT2D eigenvalue weighted by molar-refractivity contribution is 7.93. The first kappa shape index (κ1) is 9.26. The van der Waals surface area contributed by atoms with E-state index >= 15 is 0 Å². The SMILES string of the molecule is N=[S@@](=O)(c1ccc(C(N)=O)o1)C1CC1. The summed E-state index contributed by atoms with van der Waals surface area (Å²) < 4.78 is 24.4. The summed E-state index contributed by atoms with van der Waals surface area (Å²) in [6, 6.07) is 2.75. The predicted octanol–water partition coefficient (Wildman–Crippen LogP) is 0.947. The lowest BCUT2D eigenvalue weighted by molar-refractivity contribution is 0.0969. The molecule has 0 unspecified atom stereocenters. The van der Waals surface area contributed by atoms with Gasteiger partial charge in [-0.25, -0.2) is 8.99 Å². The first-order valence-electron chi connectivity index (χ1n) is 4.19. The van der Waals surface area contributed by atoms with Gasteiger partial charge in [-0.2, -0.15) is 0 Å². The number of carbonyl (C=O) groups is 1. The molecule has 1 heterocycles. The molecule has 1 amide bonds. The van der Waals surface area contributed by atoms with Gasteiger partial charge in [-0.3, -0.25) is 4.79 Å². The van der Waals surface area contributed by atoms with Gasteiger partial charge < -0.3 is 10.2 Å². The average molecular weight is 214 g/mol. The smallest absolute Gasteiger partial charge is 0.284 e. The monoisotopic (exact) mass is 214 g/mol. The van der Waals surface area contributed by atoms with Crippen molar-refractivity contribution in [2.75, 3.05) is 0 Å². The van der Waals surface area contributed by atoms with Crippen molar-refractivity contribution in [3.63, 3.8) is 0 Å². The molecule has 1 aliphatic rings. The van der Waals surface area contributed by atoms with E-state index in [4.69, 9.17) is 14.9 Å². The summed E-state index contributed by atoms with van der Waals surface area (Å²) in [5.41, 5.74) is 4.98. The zero-order chi connectivity index (χ0) is 10.3. The third-order valence-corrected chi connectivity index (χ3v) is 4.34. The predicted molar refractivity (Wildman–Crippen MR) is 49.4 cm³/mol. The summed E-state index contributed by atoms with van der Waals surface area (Å²) in [4.78, 5) is 10.7. The minimum Gasteiger partial charge on any atom is -0.441 e. The standard InChI is InChI=1S/C8H10N2O3S/c9-8(11)6-3-4-7(13-6)14(10,12)5-1-2-5/h3-5,10H,1-2H2,(H2,9,11)/t14-/m0/s1. The Kier molecular flexibility index (Phi) is 1.88. The van der Waals surface area contributed by atoms with Crippen LogP contribution in [0.1, 0.15) is 23.4 Å². The fourth-order valence-electron chi connectivity index (χ4n) is 1.18. The highest BCUT2D eigenvalue weighted by Crippen LogP contribution is 2.34. The molecule has 1 aliphatic carbocycles. The molecule has 1 aromatic rings. The second-order valence-electron chi connectivity index (χ2n) is 3.28. The van der Waals surface area contributed by atoms with Crippen molar-refractivity contribution in [2.45, 2.75) is 23.2 Å². The molecule has 0 radical (unpaired) electrons. The van der Waals surface area contributed by atoms with Crippen LogP contribution in [-0.2, 0) is 9.73 Å². The van der Waals surface area contributed by atoms with E-state index in [9.17, 15) is 9.00 Å². The number of furan rings is 1. The van der Waals surface area contributed by atoms with Gasteiger partial charge in [0.1, 0.15) is 9.73 Å². The van der Waals surface area contributed by atoms with Gasteiger partial charge in [0.05, 0.1) is 5.25 Å². The van der Waals surface area contributed by atoms with Gasteiger partial charge in [-0.1, -0.05) is 0 Å². The summed E-state index contributed by atoms with van der Waals surface area (Å²) >= 11 is 0. The maximum Gasteiger partial charge on any atom is 0.284 e. The second-order valence-corrected chi connectivity index (χ2v) is 5.55. The van der Waals surface area contributed by atoms with Crippen LogP contribution >= 0.6 is 0 Å². The average Bonchev–Trinajstić information content (AvgIpc) is 2.82. The van der Waals surface area contributed by atoms with E-state index in [1.54, 1.807) is 0 Å². The van der Waals surface area contributed by atoms with E-state index in [0.717, 1.165) is 12.8 Å². The molecule has 0 aromatic carbocycles. The molecule has 0 bridgehead atoms. The molecule has 14 heavy (non-hydrogen) atoms. The minimum atomic E-state index is -2.85.